The van der Waals surface area contributed by atoms with Crippen molar-refractivity contribution in [2.45, 2.75) is 19.8 Å². The van der Waals surface area contributed by atoms with Crippen LogP contribution in [-0.4, -0.2) is 24.0 Å². The Morgan fingerprint density at radius 2 is 1.92 bits per heavy atom. The average Bonchev–Trinajstić information content (AvgIpc) is 2.92. The Morgan fingerprint density at radius 3 is 2.76 bits per heavy atom. The van der Waals surface area contributed by atoms with Gasteiger partial charge in [0, 0.05) is 23.1 Å². The monoisotopic (exact) mass is 340 g/mol. The summed E-state index contributed by atoms with van der Waals surface area (Å²) in [5.41, 5.74) is 3.08. The Hall–Kier alpha value is -2.82. The second kappa shape index (κ2) is 7.83. The van der Waals surface area contributed by atoms with Gasteiger partial charge >= 0.3 is 0 Å². The van der Waals surface area contributed by atoms with E-state index in [2.05, 4.69) is 10.3 Å². The van der Waals surface area contributed by atoms with E-state index in [1.165, 1.54) is 6.07 Å². The third kappa shape index (κ3) is 4.18. The van der Waals surface area contributed by atoms with Crippen molar-refractivity contribution in [2.75, 3.05) is 13.2 Å². The standard InChI is InChI=1S/C20H21FN2O2/c1-14-16(15-7-2-4-9-18(15)23-14)13-20(24)22-11-6-12-25-19-10-5-3-8-17(19)21/h2-5,7-10,23H,6,11-13H2,1H3,(H,22,24). The molecule has 3 rings (SSSR count). The van der Waals surface area contributed by atoms with E-state index >= 15 is 0 Å². The average molecular weight is 340 g/mol. The first kappa shape index (κ1) is 17.0. The highest BCUT2D eigenvalue weighted by atomic mass is 19.1. The molecule has 130 valence electrons. The first-order chi connectivity index (χ1) is 12.1. The molecule has 0 bridgehead atoms. The number of hydrogen-bond donors (Lipinski definition) is 2. The molecule has 0 fully saturated rings. The van der Waals surface area contributed by atoms with Crippen molar-refractivity contribution in [1.82, 2.24) is 10.3 Å². The highest BCUT2D eigenvalue weighted by Gasteiger charge is 2.11. The summed E-state index contributed by atoms with van der Waals surface area (Å²) in [6, 6.07) is 14.3. The number of H-pyrrole nitrogens is 1. The predicted octanol–water partition coefficient (Wildman–Crippen LogP) is 3.74. The molecule has 0 aliphatic heterocycles. The summed E-state index contributed by atoms with van der Waals surface area (Å²) < 4.78 is 18.8. The molecular weight excluding hydrogens is 319 g/mol. The van der Waals surface area contributed by atoms with Crippen molar-refractivity contribution >= 4 is 16.8 Å². The molecule has 0 saturated heterocycles. The van der Waals surface area contributed by atoms with Gasteiger partial charge in [-0.2, -0.15) is 0 Å². The molecule has 25 heavy (non-hydrogen) atoms. The third-order valence-corrected chi connectivity index (χ3v) is 4.10. The lowest BCUT2D eigenvalue weighted by Gasteiger charge is -2.08. The Labute approximate surface area is 146 Å². The normalized spacial score (nSPS) is 10.8. The summed E-state index contributed by atoms with van der Waals surface area (Å²) in [7, 11) is 0. The number of aromatic nitrogens is 1. The largest absolute Gasteiger partial charge is 0.490 e. The van der Waals surface area contributed by atoms with Crippen LogP contribution < -0.4 is 10.1 Å². The molecule has 1 aromatic heterocycles. The van der Waals surface area contributed by atoms with E-state index in [0.29, 0.717) is 26.0 Å². The van der Waals surface area contributed by atoms with Crippen molar-refractivity contribution in [3.05, 3.63) is 65.6 Å². The minimum Gasteiger partial charge on any atom is -0.490 e. The number of fused-ring (bicyclic) bond motifs is 1. The Balaban J connectivity index is 1.45. The first-order valence-corrected chi connectivity index (χ1v) is 8.35. The van der Waals surface area contributed by atoms with Crippen molar-refractivity contribution < 1.29 is 13.9 Å². The topological polar surface area (TPSA) is 54.1 Å². The van der Waals surface area contributed by atoms with Gasteiger partial charge in [-0.25, -0.2) is 4.39 Å². The fourth-order valence-corrected chi connectivity index (χ4v) is 2.83. The maximum Gasteiger partial charge on any atom is 0.224 e. The Morgan fingerprint density at radius 1 is 1.16 bits per heavy atom. The summed E-state index contributed by atoms with van der Waals surface area (Å²) in [5.74, 6) is -0.164. The van der Waals surface area contributed by atoms with Gasteiger partial charge in [0.05, 0.1) is 13.0 Å². The zero-order valence-corrected chi connectivity index (χ0v) is 14.1. The van der Waals surface area contributed by atoms with E-state index in [1.54, 1.807) is 18.2 Å². The number of amides is 1. The summed E-state index contributed by atoms with van der Waals surface area (Å²) in [4.78, 5) is 15.5. The molecule has 1 amide bonds. The number of halogens is 1. The molecule has 0 aliphatic rings. The van der Waals surface area contributed by atoms with Gasteiger partial charge < -0.3 is 15.0 Å². The SMILES string of the molecule is Cc1[nH]c2ccccc2c1CC(=O)NCCCOc1ccccc1F. The number of rotatable bonds is 7. The number of nitrogens with one attached hydrogen (secondary N) is 2. The highest BCUT2D eigenvalue weighted by Crippen LogP contribution is 2.22. The van der Waals surface area contributed by atoms with E-state index in [4.69, 9.17) is 4.74 Å². The lowest BCUT2D eigenvalue weighted by molar-refractivity contribution is -0.120. The van der Waals surface area contributed by atoms with Crippen LogP contribution in [0.25, 0.3) is 10.9 Å². The fraction of sp³-hybridized carbons (Fsp3) is 0.250. The number of para-hydroxylation sites is 2. The summed E-state index contributed by atoms with van der Waals surface area (Å²) in [5, 5.41) is 3.97. The highest BCUT2D eigenvalue weighted by molar-refractivity contribution is 5.90. The van der Waals surface area contributed by atoms with Gasteiger partial charge in [0.25, 0.3) is 0 Å². The van der Waals surface area contributed by atoms with Gasteiger partial charge in [0.2, 0.25) is 5.91 Å². The molecule has 2 N–H and O–H groups in total. The van der Waals surface area contributed by atoms with Crippen molar-refractivity contribution in [3.63, 3.8) is 0 Å². The third-order valence-electron chi connectivity index (χ3n) is 4.10. The number of carbonyl (C=O) groups is 1. The Kier molecular flexibility index (Phi) is 5.33. The molecule has 0 spiro atoms. The van der Waals surface area contributed by atoms with E-state index in [1.807, 2.05) is 31.2 Å². The molecule has 0 radical (unpaired) electrons. The zero-order chi connectivity index (χ0) is 17.6. The lowest BCUT2D eigenvalue weighted by Crippen LogP contribution is -2.27. The first-order valence-electron chi connectivity index (χ1n) is 8.35. The van der Waals surface area contributed by atoms with E-state index < -0.39 is 0 Å². The number of hydrogen-bond acceptors (Lipinski definition) is 2. The molecule has 3 aromatic rings. The van der Waals surface area contributed by atoms with Gasteiger partial charge in [-0.3, -0.25) is 4.79 Å². The van der Waals surface area contributed by atoms with Gasteiger partial charge in [0.1, 0.15) is 0 Å². The second-order valence-corrected chi connectivity index (χ2v) is 5.93. The van der Waals surface area contributed by atoms with Crippen molar-refractivity contribution in [3.8, 4) is 5.75 Å². The molecular formula is C20H21FN2O2. The van der Waals surface area contributed by atoms with Gasteiger partial charge in [-0.05, 0) is 37.1 Å². The van der Waals surface area contributed by atoms with Crippen LogP contribution in [0.3, 0.4) is 0 Å². The molecule has 4 nitrogen and oxygen atoms in total. The number of aryl methyl sites for hydroxylation is 1. The quantitative estimate of drug-likeness (QED) is 0.644. The van der Waals surface area contributed by atoms with E-state index in [-0.39, 0.29) is 17.5 Å². The second-order valence-electron chi connectivity index (χ2n) is 5.93. The maximum absolute atomic E-state index is 13.4. The number of benzene rings is 2. The van der Waals surface area contributed by atoms with E-state index in [0.717, 1.165) is 22.2 Å². The van der Waals surface area contributed by atoms with Crippen LogP contribution in [0.1, 0.15) is 17.7 Å². The minimum absolute atomic E-state index is 0.0289. The number of aromatic amines is 1. The predicted molar refractivity (Wildman–Crippen MR) is 96.3 cm³/mol. The molecule has 0 atom stereocenters. The number of ether oxygens (including phenoxy) is 1. The minimum atomic E-state index is -0.374. The van der Waals surface area contributed by atoms with Crippen LogP contribution in [0, 0.1) is 12.7 Å². The Bertz CT molecular complexity index is 873. The maximum atomic E-state index is 13.4. The molecule has 1 heterocycles. The van der Waals surface area contributed by atoms with Crippen LogP contribution in [0.2, 0.25) is 0 Å². The van der Waals surface area contributed by atoms with Gasteiger partial charge in [-0.1, -0.05) is 30.3 Å². The van der Waals surface area contributed by atoms with Crippen molar-refractivity contribution in [2.24, 2.45) is 0 Å². The smallest absolute Gasteiger partial charge is 0.224 e. The van der Waals surface area contributed by atoms with E-state index in [9.17, 15) is 9.18 Å². The van der Waals surface area contributed by atoms with Gasteiger partial charge in [-0.15, -0.1) is 0 Å². The van der Waals surface area contributed by atoms with Crippen LogP contribution in [-0.2, 0) is 11.2 Å². The van der Waals surface area contributed by atoms with Crippen LogP contribution in [0.4, 0.5) is 4.39 Å². The van der Waals surface area contributed by atoms with Crippen LogP contribution >= 0.6 is 0 Å². The lowest BCUT2D eigenvalue weighted by atomic mass is 10.1. The van der Waals surface area contributed by atoms with Gasteiger partial charge in [0.15, 0.2) is 11.6 Å². The van der Waals surface area contributed by atoms with Crippen molar-refractivity contribution in [1.29, 1.82) is 0 Å². The summed E-state index contributed by atoms with van der Waals surface area (Å²) in [6.45, 7) is 2.83. The molecule has 0 unspecified atom stereocenters. The summed E-state index contributed by atoms with van der Waals surface area (Å²) >= 11 is 0. The number of carbonyl (C=O) groups excluding carboxylic acids is 1. The molecule has 0 aliphatic carbocycles. The fourth-order valence-electron chi connectivity index (χ4n) is 2.83. The molecule has 2 aromatic carbocycles. The van der Waals surface area contributed by atoms with Crippen LogP contribution in [0.15, 0.2) is 48.5 Å². The molecule has 5 heteroatoms. The zero-order valence-electron chi connectivity index (χ0n) is 14.1. The molecule has 0 saturated carbocycles. The summed E-state index contributed by atoms with van der Waals surface area (Å²) in [6.07, 6.45) is 0.955. The van der Waals surface area contributed by atoms with Crippen LogP contribution in [0.5, 0.6) is 5.75 Å².